The lowest BCUT2D eigenvalue weighted by Gasteiger charge is -2.17. The molecule has 0 heterocycles. The van der Waals surface area contributed by atoms with Gasteiger partial charge in [0.05, 0.1) is 39.6 Å². The highest BCUT2D eigenvalue weighted by Gasteiger charge is 2.22. The number of methoxy groups -OCH3 is 2. The van der Waals surface area contributed by atoms with Crippen LogP contribution in [-0.4, -0.2) is 83.5 Å². The van der Waals surface area contributed by atoms with E-state index < -0.39 is 11.9 Å². The maximum absolute atomic E-state index is 13.1. The lowest BCUT2D eigenvalue weighted by molar-refractivity contribution is -0.144. The fraction of sp³-hybridized carbons (Fsp3) is 0.778. The Bertz CT molecular complexity index is 1140. The molecule has 0 aliphatic rings. The third-order valence-electron chi connectivity index (χ3n) is 9.90. The summed E-state index contributed by atoms with van der Waals surface area (Å²) < 4.78 is 33.0. The summed E-state index contributed by atoms with van der Waals surface area (Å²) in [6.07, 6.45) is 22.2. The zero-order valence-corrected chi connectivity index (χ0v) is 36.1. The molecule has 0 aromatic heterocycles. The molecule has 0 spiro atoms. The van der Waals surface area contributed by atoms with Gasteiger partial charge in [0.25, 0.3) is 0 Å². The zero-order chi connectivity index (χ0) is 41.2. The normalized spacial score (nSPS) is 11.1. The molecule has 11 heteroatoms. The fourth-order valence-electron chi connectivity index (χ4n) is 6.57. The van der Waals surface area contributed by atoms with Crippen molar-refractivity contribution in [1.82, 2.24) is 4.90 Å². The molecule has 56 heavy (non-hydrogen) atoms. The quantitative estimate of drug-likeness (QED) is 0.0279. The molecule has 322 valence electrons. The lowest BCUT2D eigenvalue weighted by atomic mass is 9.91. The van der Waals surface area contributed by atoms with E-state index in [0.717, 1.165) is 51.5 Å². The van der Waals surface area contributed by atoms with E-state index in [9.17, 15) is 19.2 Å². The van der Waals surface area contributed by atoms with E-state index in [1.807, 2.05) is 19.0 Å². The number of nitrogens with zero attached hydrogens (tertiary/aromatic N) is 1. The molecule has 1 aromatic rings. The zero-order valence-electron chi connectivity index (χ0n) is 36.1. The van der Waals surface area contributed by atoms with Crippen molar-refractivity contribution in [3.63, 3.8) is 0 Å². The number of unbranched alkanes of at least 4 members (excludes halogenated alkanes) is 12. The van der Waals surface area contributed by atoms with Crippen LogP contribution < -0.4 is 14.2 Å². The van der Waals surface area contributed by atoms with E-state index >= 15 is 0 Å². The van der Waals surface area contributed by atoms with Crippen LogP contribution in [0.1, 0.15) is 178 Å². The molecule has 0 N–H and O–H groups in total. The Hall–Kier alpha value is -3.34. The van der Waals surface area contributed by atoms with E-state index in [0.29, 0.717) is 51.7 Å². The van der Waals surface area contributed by atoms with E-state index in [1.54, 1.807) is 0 Å². The first kappa shape index (κ1) is 50.7. The van der Waals surface area contributed by atoms with E-state index in [1.165, 1.54) is 90.6 Å². The molecule has 0 aliphatic heterocycles. The van der Waals surface area contributed by atoms with Crippen molar-refractivity contribution in [3.05, 3.63) is 17.7 Å². The largest absolute Gasteiger partial charge is 0.493 e. The highest BCUT2D eigenvalue weighted by molar-refractivity contribution is 5.91. The van der Waals surface area contributed by atoms with Crippen LogP contribution in [-0.2, 0) is 28.6 Å². The van der Waals surface area contributed by atoms with E-state index in [2.05, 4.69) is 13.8 Å². The first-order chi connectivity index (χ1) is 27.1. The number of carbonyl (C=O) groups excluding carboxylic acids is 4. The third-order valence-corrected chi connectivity index (χ3v) is 9.90. The Kier molecular flexibility index (Phi) is 30.6. The summed E-state index contributed by atoms with van der Waals surface area (Å²) in [4.78, 5) is 52.7. The van der Waals surface area contributed by atoms with Crippen molar-refractivity contribution in [3.8, 4) is 17.2 Å². The predicted molar refractivity (Wildman–Crippen MR) is 222 cm³/mol. The lowest BCUT2D eigenvalue weighted by Crippen LogP contribution is -2.16. The van der Waals surface area contributed by atoms with Crippen LogP contribution >= 0.6 is 0 Å². The van der Waals surface area contributed by atoms with Gasteiger partial charge in [0.1, 0.15) is 0 Å². The second kappa shape index (κ2) is 33.8. The van der Waals surface area contributed by atoms with Crippen molar-refractivity contribution in [2.75, 3.05) is 54.7 Å². The number of benzene rings is 1. The Morgan fingerprint density at radius 3 is 1.38 bits per heavy atom. The van der Waals surface area contributed by atoms with E-state index in [-0.39, 0.29) is 53.7 Å². The van der Waals surface area contributed by atoms with Gasteiger partial charge in [-0.15, -0.1) is 0 Å². The van der Waals surface area contributed by atoms with Gasteiger partial charge >= 0.3 is 23.9 Å². The molecule has 0 amide bonds. The van der Waals surface area contributed by atoms with Gasteiger partial charge in [0.15, 0.2) is 11.5 Å². The molecule has 0 bridgehead atoms. The average Bonchev–Trinajstić information content (AvgIpc) is 3.18. The minimum absolute atomic E-state index is 0.103. The van der Waals surface area contributed by atoms with Gasteiger partial charge in [-0.3, -0.25) is 14.4 Å². The van der Waals surface area contributed by atoms with Crippen molar-refractivity contribution in [1.29, 1.82) is 0 Å². The van der Waals surface area contributed by atoms with Gasteiger partial charge in [0.2, 0.25) is 5.75 Å². The van der Waals surface area contributed by atoms with Crippen molar-refractivity contribution >= 4 is 23.9 Å². The first-order valence-corrected chi connectivity index (χ1v) is 21.7. The van der Waals surface area contributed by atoms with Crippen LogP contribution in [0.3, 0.4) is 0 Å². The Morgan fingerprint density at radius 2 is 0.946 bits per heavy atom. The number of hydrogen-bond acceptors (Lipinski definition) is 11. The Morgan fingerprint density at radius 1 is 0.536 bits per heavy atom. The summed E-state index contributed by atoms with van der Waals surface area (Å²) in [5.74, 6) is -0.610. The van der Waals surface area contributed by atoms with Crippen LogP contribution in [0.25, 0.3) is 0 Å². The number of ether oxygens (including phenoxy) is 6. The molecule has 0 unspecified atom stereocenters. The molecular weight excluding hydrogens is 714 g/mol. The van der Waals surface area contributed by atoms with Crippen LogP contribution in [0.2, 0.25) is 0 Å². The Labute approximate surface area is 339 Å². The average molecular weight is 792 g/mol. The first-order valence-electron chi connectivity index (χ1n) is 21.7. The van der Waals surface area contributed by atoms with Gasteiger partial charge in [-0.2, -0.15) is 0 Å². The number of hydrogen-bond donors (Lipinski definition) is 0. The summed E-state index contributed by atoms with van der Waals surface area (Å²) in [6, 6.07) is 2.96. The topological polar surface area (TPSA) is 127 Å². The molecule has 0 aliphatic carbocycles. The maximum atomic E-state index is 13.1. The predicted octanol–water partition coefficient (Wildman–Crippen LogP) is 10.4. The van der Waals surface area contributed by atoms with Gasteiger partial charge in [-0.25, -0.2) is 4.79 Å². The van der Waals surface area contributed by atoms with Crippen LogP contribution in [0.5, 0.6) is 17.2 Å². The van der Waals surface area contributed by atoms with Crippen molar-refractivity contribution < 1.29 is 47.6 Å². The van der Waals surface area contributed by atoms with Crippen LogP contribution in [0.4, 0.5) is 0 Å². The van der Waals surface area contributed by atoms with Gasteiger partial charge < -0.3 is 33.3 Å². The summed E-state index contributed by atoms with van der Waals surface area (Å²) in [5.41, 5.74) is 0.231. The molecule has 0 saturated carbocycles. The number of esters is 4. The summed E-state index contributed by atoms with van der Waals surface area (Å²) in [7, 11) is 6.77. The summed E-state index contributed by atoms with van der Waals surface area (Å²) in [6.45, 7) is 6.42. The second-order valence-electron chi connectivity index (χ2n) is 15.2. The highest BCUT2D eigenvalue weighted by Crippen LogP contribution is 2.39. The van der Waals surface area contributed by atoms with Crippen molar-refractivity contribution in [2.24, 2.45) is 5.92 Å². The minimum Gasteiger partial charge on any atom is -0.493 e. The smallest absolute Gasteiger partial charge is 0.338 e. The molecular formula is C45H77NO10. The minimum atomic E-state index is -0.521. The Balaban J connectivity index is 2.67. The molecule has 0 radical (unpaired) electrons. The number of rotatable bonds is 36. The van der Waals surface area contributed by atoms with Crippen molar-refractivity contribution in [2.45, 2.75) is 168 Å². The SMILES string of the molecule is CCCCCCCCCOC(=O)CCCC(CCCC(=O)OCCCCCCCCC)CCCC(=O)Oc1c(OC)cc(C(=O)OCCCN(C)C)cc1OC. The van der Waals surface area contributed by atoms with Crippen LogP contribution in [0, 0.1) is 5.92 Å². The molecule has 11 nitrogen and oxygen atoms in total. The number of carbonyl (C=O) groups is 4. The maximum Gasteiger partial charge on any atom is 0.338 e. The molecule has 0 fully saturated rings. The summed E-state index contributed by atoms with van der Waals surface area (Å²) in [5, 5.41) is 0. The van der Waals surface area contributed by atoms with Gasteiger partial charge in [0, 0.05) is 25.8 Å². The van der Waals surface area contributed by atoms with E-state index in [4.69, 9.17) is 28.4 Å². The molecule has 1 aromatic carbocycles. The monoisotopic (exact) mass is 792 g/mol. The standard InChI is InChI=1S/C45H77NO10/c1-7-9-11-13-15-17-19-32-53-41(47)28-21-25-37(26-22-29-42(48)54-33-20-18-16-14-12-10-8-2)27-23-30-43(49)56-44-39(51-5)35-38(36-40(44)52-6)45(50)55-34-24-31-46(3)4/h35-37H,7-34H2,1-6H3. The van der Waals surface area contributed by atoms with Crippen LogP contribution in [0.15, 0.2) is 12.1 Å². The van der Waals surface area contributed by atoms with Gasteiger partial charge in [-0.1, -0.05) is 90.9 Å². The van der Waals surface area contributed by atoms with Gasteiger partial charge in [-0.05, 0) is 89.9 Å². The highest BCUT2D eigenvalue weighted by atomic mass is 16.6. The molecule has 0 saturated heterocycles. The second-order valence-corrected chi connectivity index (χ2v) is 15.2. The summed E-state index contributed by atoms with van der Waals surface area (Å²) >= 11 is 0. The molecule has 1 rings (SSSR count). The third kappa shape index (κ3) is 25.7. The fourth-order valence-corrected chi connectivity index (χ4v) is 6.57. The molecule has 0 atom stereocenters.